The average molecular weight is 429 g/mol. The van der Waals surface area contributed by atoms with E-state index < -0.39 is 0 Å². The molecule has 1 aliphatic rings. The lowest BCUT2D eigenvalue weighted by Crippen LogP contribution is -2.18. The fourth-order valence-corrected chi connectivity index (χ4v) is 4.11. The normalized spacial score (nSPS) is 15.6. The fourth-order valence-electron chi connectivity index (χ4n) is 4.11. The van der Waals surface area contributed by atoms with E-state index in [4.69, 9.17) is 5.10 Å². The third-order valence-electron chi connectivity index (χ3n) is 5.84. The smallest absolute Gasteiger partial charge is 0.185 e. The van der Waals surface area contributed by atoms with Crippen molar-refractivity contribution in [1.29, 1.82) is 0 Å². The van der Waals surface area contributed by atoms with Gasteiger partial charge in [-0.1, -0.05) is 103 Å². The molecule has 0 fully saturated rings. The third kappa shape index (κ3) is 4.68. The zero-order valence-corrected chi connectivity index (χ0v) is 18.2. The third-order valence-corrected chi connectivity index (χ3v) is 5.84. The number of benzene rings is 4. The summed E-state index contributed by atoms with van der Waals surface area (Å²) in [4.78, 5) is 12.8. The summed E-state index contributed by atoms with van der Waals surface area (Å²) < 4.78 is 0. The molecule has 0 saturated carbocycles. The Balaban J connectivity index is 1.35. The molecule has 3 nitrogen and oxygen atoms in total. The molecule has 0 amide bonds. The summed E-state index contributed by atoms with van der Waals surface area (Å²) in [6.07, 6.45) is 4.23. The Hall–Kier alpha value is -4.24. The highest BCUT2D eigenvalue weighted by molar-refractivity contribution is 6.09. The first-order chi connectivity index (χ1) is 16.3. The predicted octanol–water partition coefficient (Wildman–Crippen LogP) is 7.10. The van der Waals surface area contributed by atoms with Crippen LogP contribution in [0.2, 0.25) is 0 Å². The number of carbonyl (C=O) groups is 1. The summed E-state index contributed by atoms with van der Waals surface area (Å²) in [6, 6.07) is 38.6. The lowest BCUT2D eigenvalue weighted by molar-refractivity contribution is 0.104. The van der Waals surface area contributed by atoms with Gasteiger partial charge in [0.15, 0.2) is 5.78 Å². The van der Waals surface area contributed by atoms with Crippen LogP contribution in [0.4, 0.5) is 5.69 Å². The Morgan fingerprint density at radius 2 is 1.30 bits per heavy atom. The Kier molecular flexibility index (Phi) is 5.94. The number of hydrazone groups is 1. The van der Waals surface area contributed by atoms with Crippen molar-refractivity contribution in [2.24, 2.45) is 5.10 Å². The van der Waals surface area contributed by atoms with E-state index >= 15 is 0 Å². The summed E-state index contributed by atoms with van der Waals surface area (Å²) in [6.45, 7) is 0. The van der Waals surface area contributed by atoms with E-state index in [0.717, 1.165) is 28.9 Å². The molecule has 33 heavy (non-hydrogen) atoms. The second-order valence-corrected chi connectivity index (χ2v) is 8.04. The van der Waals surface area contributed by atoms with Crippen LogP contribution in [-0.2, 0) is 0 Å². The van der Waals surface area contributed by atoms with Gasteiger partial charge in [0.2, 0.25) is 0 Å². The SMILES string of the molecule is O=C(/C=C/C1=NN(c2ccccc2)[C@@H](c2ccccc2)C1)c1ccc(-c2ccccc2)cc1. The number of hydrogen-bond acceptors (Lipinski definition) is 3. The van der Waals surface area contributed by atoms with Crippen molar-refractivity contribution in [3.63, 3.8) is 0 Å². The molecule has 0 spiro atoms. The molecule has 4 aromatic rings. The highest BCUT2D eigenvalue weighted by Gasteiger charge is 2.28. The number of para-hydroxylation sites is 1. The van der Waals surface area contributed by atoms with Crippen molar-refractivity contribution in [1.82, 2.24) is 0 Å². The summed E-state index contributed by atoms with van der Waals surface area (Å²) in [7, 11) is 0. The van der Waals surface area contributed by atoms with Crippen LogP contribution in [0.5, 0.6) is 0 Å². The zero-order valence-electron chi connectivity index (χ0n) is 18.2. The van der Waals surface area contributed by atoms with Gasteiger partial charge in [-0.25, -0.2) is 0 Å². The first kappa shape index (κ1) is 20.7. The number of rotatable bonds is 6. The Morgan fingerprint density at radius 3 is 1.97 bits per heavy atom. The van der Waals surface area contributed by atoms with Crippen molar-refractivity contribution in [3.8, 4) is 11.1 Å². The lowest BCUT2D eigenvalue weighted by Gasteiger charge is -2.23. The van der Waals surface area contributed by atoms with E-state index in [0.29, 0.717) is 5.56 Å². The van der Waals surface area contributed by atoms with Gasteiger partial charge in [-0.15, -0.1) is 0 Å². The first-order valence-corrected chi connectivity index (χ1v) is 11.1. The van der Waals surface area contributed by atoms with Crippen LogP contribution in [-0.4, -0.2) is 11.5 Å². The maximum absolute atomic E-state index is 12.8. The van der Waals surface area contributed by atoms with Crippen LogP contribution in [0, 0.1) is 0 Å². The van der Waals surface area contributed by atoms with E-state index in [1.165, 1.54) is 5.56 Å². The van der Waals surface area contributed by atoms with Crippen molar-refractivity contribution in [2.45, 2.75) is 12.5 Å². The summed E-state index contributed by atoms with van der Waals surface area (Å²) in [5.74, 6) is -0.0215. The maximum Gasteiger partial charge on any atom is 0.185 e. The van der Waals surface area contributed by atoms with Crippen LogP contribution in [0.15, 0.2) is 133 Å². The van der Waals surface area contributed by atoms with Crippen LogP contribution in [0.1, 0.15) is 28.4 Å². The second-order valence-electron chi connectivity index (χ2n) is 8.04. The molecule has 0 N–H and O–H groups in total. The molecule has 3 heteroatoms. The highest BCUT2D eigenvalue weighted by Crippen LogP contribution is 2.35. The van der Waals surface area contributed by atoms with Crippen LogP contribution in [0.3, 0.4) is 0 Å². The van der Waals surface area contributed by atoms with E-state index in [1.54, 1.807) is 6.08 Å². The van der Waals surface area contributed by atoms with E-state index in [2.05, 4.69) is 48.5 Å². The van der Waals surface area contributed by atoms with Gasteiger partial charge < -0.3 is 0 Å². The van der Waals surface area contributed by atoms with E-state index in [1.807, 2.05) is 77.8 Å². The van der Waals surface area contributed by atoms with Gasteiger partial charge in [0, 0.05) is 12.0 Å². The van der Waals surface area contributed by atoms with Crippen molar-refractivity contribution >= 4 is 17.2 Å². The summed E-state index contributed by atoms with van der Waals surface area (Å²) in [5, 5.41) is 6.90. The van der Waals surface area contributed by atoms with Gasteiger partial charge >= 0.3 is 0 Å². The molecule has 0 unspecified atom stereocenters. The van der Waals surface area contributed by atoms with Gasteiger partial charge in [-0.3, -0.25) is 9.80 Å². The van der Waals surface area contributed by atoms with Crippen LogP contribution >= 0.6 is 0 Å². The van der Waals surface area contributed by atoms with Crippen molar-refractivity contribution in [2.75, 3.05) is 5.01 Å². The molecule has 160 valence electrons. The van der Waals surface area contributed by atoms with E-state index in [9.17, 15) is 4.79 Å². The fraction of sp³-hybridized carbons (Fsp3) is 0.0667. The minimum Gasteiger partial charge on any atom is -0.289 e. The molecule has 0 aliphatic carbocycles. The van der Waals surface area contributed by atoms with Gasteiger partial charge in [0.25, 0.3) is 0 Å². The maximum atomic E-state index is 12.8. The topological polar surface area (TPSA) is 32.7 Å². The standard InChI is InChI=1S/C30H24N2O/c33-30(26-18-16-24(17-19-26)23-10-4-1-5-11-23)21-20-27-22-29(25-12-6-2-7-13-25)32(31-27)28-14-8-3-9-15-28/h1-21,29H,22H2/b21-20+/t29-/m1/s1. The zero-order chi connectivity index (χ0) is 22.5. The van der Waals surface area contributed by atoms with Crippen molar-refractivity contribution < 1.29 is 4.79 Å². The number of ketones is 1. The number of nitrogens with zero attached hydrogens (tertiary/aromatic N) is 2. The molecule has 4 aromatic carbocycles. The van der Waals surface area contributed by atoms with Gasteiger partial charge in [-0.2, -0.15) is 5.10 Å². The molecule has 0 aromatic heterocycles. The van der Waals surface area contributed by atoms with Crippen LogP contribution < -0.4 is 5.01 Å². The highest BCUT2D eigenvalue weighted by atomic mass is 16.1. The molecule has 0 radical (unpaired) electrons. The molecule has 1 atom stereocenters. The minimum atomic E-state index is -0.0215. The van der Waals surface area contributed by atoms with Gasteiger partial charge in [0.1, 0.15) is 0 Å². The molecule has 5 rings (SSSR count). The first-order valence-electron chi connectivity index (χ1n) is 11.1. The van der Waals surface area contributed by atoms with Crippen molar-refractivity contribution in [3.05, 3.63) is 139 Å². The average Bonchev–Trinajstić information content (AvgIpc) is 3.33. The van der Waals surface area contributed by atoms with Crippen LogP contribution in [0.25, 0.3) is 11.1 Å². The summed E-state index contributed by atoms with van der Waals surface area (Å²) >= 11 is 0. The minimum absolute atomic E-state index is 0.0215. The van der Waals surface area contributed by atoms with E-state index in [-0.39, 0.29) is 11.8 Å². The summed E-state index contributed by atoms with van der Waals surface area (Å²) in [5.41, 5.74) is 6.04. The molecular weight excluding hydrogens is 404 g/mol. The monoisotopic (exact) mass is 428 g/mol. The van der Waals surface area contributed by atoms with Gasteiger partial charge in [-0.05, 0) is 41.0 Å². The number of allylic oxidation sites excluding steroid dienone is 2. The predicted molar refractivity (Wildman–Crippen MR) is 136 cm³/mol. The van der Waals surface area contributed by atoms with Gasteiger partial charge in [0.05, 0.1) is 17.4 Å². The Morgan fingerprint density at radius 1 is 0.727 bits per heavy atom. The molecule has 0 bridgehead atoms. The number of carbonyl (C=O) groups excluding carboxylic acids is 1. The molecule has 1 heterocycles. The Bertz CT molecular complexity index is 1280. The molecule has 1 aliphatic heterocycles. The number of hydrogen-bond donors (Lipinski definition) is 0. The number of anilines is 1. The second kappa shape index (κ2) is 9.49. The Labute approximate surface area is 194 Å². The largest absolute Gasteiger partial charge is 0.289 e. The molecular formula is C30H24N2O. The quantitative estimate of drug-likeness (QED) is 0.242. The lowest BCUT2D eigenvalue weighted by atomic mass is 10.00. The molecule has 0 saturated heterocycles.